The van der Waals surface area contributed by atoms with Gasteiger partial charge in [-0.25, -0.2) is 0 Å². The first-order valence-corrected chi connectivity index (χ1v) is 6.98. The molecule has 0 spiro atoms. The van der Waals surface area contributed by atoms with Gasteiger partial charge in [0.05, 0.1) is 0 Å². The van der Waals surface area contributed by atoms with Crippen LogP contribution in [0.4, 0.5) is 0 Å². The minimum Gasteiger partial charge on any atom is -0.299 e. The summed E-state index contributed by atoms with van der Waals surface area (Å²) in [7, 11) is 0. The molecule has 0 unspecified atom stereocenters. The van der Waals surface area contributed by atoms with E-state index in [1.807, 2.05) is 0 Å². The van der Waals surface area contributed by atoms with E-state index in [4.69, 9.17) is 0 Å². The summed E-state index contributed by atoms with van der Waals surface area (Å²) in [5, 5.41) is 0. The Bertz CT molecular complexity index is 330. The highest BCUT2D eigenvalue weighted by Gasteiger charge is 2.62. The highest BCUT2D eigenvalue weighted by Crippen LogP contribution is 2.65. The molecule has 4 bridgehead atoms. The van der Waals surface area contributed by atoms with Crippen LogP contribution in [-0.2, 0) is 4.79 Å². The van der Waals surface area contributed by atoms with Crippen LogP contribution in [0, 0.1) is 40.9 Å². The van der Waals surface area contributed by atoms with Gasteiger partial charge in [0, 0.05) is 11.8 Å². The molecule has 0 heterocycles. The fraction of sp³-hybridized carbons (Fsp3) is 0.933. The van der Waals surface area contributed by atoms with E-state index in [9.17, 15) is 4.79 Å². The van der Waals surface area contributed by atoms with Gasteiger partial charge in [-0.1, -0.05) is 34.1 Å². The number of Topliss-reactive ketones (excluding diaryl/α,β-unsaturated/α-hetero) is 1. The number of hydrogen-bond acceptors (Lipinski definition) is 1. The van der Waals surface area contributed by atoms with Crippen molar-refractivity contribution in [3.05, 3.63) is 0 Å². The lowest BCUT2D eigenvalue weighted by molar-refractivity contribution is -0.139. The zero-order chi connectivity index (χ0) is 11.7. The van der Waals surface area contributed by atoms with E-state index in [1.54, 1.807) is 0 Å². The largest absolute Gasteiger partial charge is 0.299 e. The Hall–Kier alpha value is -0.330. The lowest BCUT2D eigenvalue weighted by atomic mass is 9.56. The first-order chi connectivity index (χ1) is 7.44. The zero-order valence-electron chi connectivity index (χ0n) is 11.0. The summed E-state index contributed by atoms with van der Waals surface area (Å²) < 4.78 is 0. The van der Waals surface area contributed by atoms with Gasteiger partial charge in [-0.05, 0) is 41.9 Å². The number of ketones is 1. The van der Waals surface area contributed by atoms with E-state index in [0.29, 0.717) is 17.6 Å². The van der Waals surface area contributed by atoms with E-state index in [0.717, 1.165) is 30.1 Å². The van der Waals surface area contributed by atoms with Crippen molar-refractivity contribution >= 4 is 5.78 Å². The van der Waals surface area contributed by atoms with Crippen LogP contribution in [0.3, 0.4) is 0 Å². The molecule has 3 aliphatic rings. The minimum atomic E-state index is -0.0364. The zero-order valence-corrected chi connectivity index (χ0v) is 11.0. The Balaban J connectivity index is 2.07. The van der Waals surface area contributed by atoms with Crippen LogP contribution in [-0.4, -0.2) is 5.78 Å². The molecule has 3 saturated carbocycles. The van der Waals surface area contributed by atoms with Crippen molar-refractivity contribution in [2.45, 2.75) is 47.0 Å². The second kappa shape index (κ2) is 3.11. The normalized spacial score (nSPS) is 54.1. The van der Waals surface area contributed by atoms with E-state index in [2.05, 4.69) is 27.7 Å². The second-order valence-corrected chi connectivity index (χ2v) is 7.19. The summed E-state index contributed by atoms with van der Waals surface area (Å²) in [4.78, 5) is 12.3. The van der Waals surface area contributed by atoms with Crippen molar-refractivity contribution in [2.24, 2.45) is 40.9 Å². The van der Waals surface area contributed by atoms with E-state index < -0.39 is 0 Å². The molecule has 0 aromatic carbocycles. The van der Waals surface area contributed by atoms with Crippen molar-refractivity contribution in [2.75, 3.05) is 0 Å². The number of rotatable bonds is 0. The SMILES string of the molecule is C[C@H]1[C@@H]2CC(=O)C(C)(C)[C@@H]3[C@H]1CC[C@H](C)[C@H]23. The summed E-state index contributed by atoms with van der Waals surface area (Å²) in [6.45, 7) is 9.26. The van der Waals surface area contributed by atoms with Gasteiger partial charge in [-0.15, -0.1) is 0 Å². The average Bonchev–Trinajstić information content (AvgIpc) is 2.40. The lowest BCUT2D eigenvalue weighted by Crippen LogP contribution is -2.47. The summed E-state index contributed by atoms with van der Waals surface area (Å²) in [5.41, 5.74) is -0.0364. The minimum absolute atomic E-state index is 0.0364. The molecular formula is C15H24O. The van der Waals surface area contributed by atoms with Crippen LogP contribution in [0.15, 0.2) is 0 Å². The van der Waals surface area contributed by atoms with Gasteiger partial charge in [0.1, 0.15) is 5.78 Å². The predicted molar refractivity (Wildman–Crippen MR) is 64.9 cm³/mol. The fourth-order valence-corrected chi connectivity index (χ4v) is 5.41. The maximum Gasteiger partial charge on any atom is 0.139 e. The predicted octanol–water partition coefficient (Wildman–Crippen LogP) is 3.53. The molecular weight excluding hydrogens is 196 g/mol. The van der Waals surface area contributed by atoms with E-state index in [1.165, 1.54) is 12.8 Å². The molecule has 1 heteroatoms. The third kappa shape index (κ3) is 1.10. The van der Waals surface area contributed by atoms with Gasteiger partial charge in [0.25, 0.3) is 0 Å². The Kier molecular flexibility index (Phi) is 2.10. The first-order valence-electron chi connectivity index (χ1n) is 6.98. The molecule has 0 radical (unpaired) electrons. The van der Waals surface area contributed by atoms with Crippen LogP contribution in [0.1, 0.15) is 47.0 Å². The van der Waals surface area contributed by atoms with E-state index >= 15 is 0 Å². The summed E-state index contributed by atoms with van der Waals surface area (Å²) in [6, 6.07) is 0. The van der Waals surface area contributed by atoms with Gasteiger partial charge < -0.3 is 0 Å². The summed E-state index contributed by atoms with van der Waals surface area (Å²) in [5.74, 6) is 5.29. The van der Waals surface area contributed by atoms with Gasteiger partial charge in [-0.2, -0.15) is 0 Å². The van der Waals surface area contributed by atoms with Crippen molar-refractivity contribution in [3.8, 4) is 0 Å². The topological polar surface area (TPSA) is 17.1 Å². The highest BCUT2D eigenvalue weighted by molar-refractivity contribution is 5.86. The molecule has 90 valence electrons. The van der Waals surface area contributed by atoms with Crippen LogP contribution in [0.5, 0.6) is 0 Å². The molecule has 1 nitrogen and oxygen atoms in total. The molecule has 3 aliphatic carbocycles. The Labute approximate surface area is 99.0 Å². The van der Waals surface area contributed by atoms with Crippen LogP contribution in [0.25, 0.3) is 0 Å². The fourth-order valence-electron chi connectivity index (χ4n) is 5.41. The summed E-state index contributed by atoms with van der Waals surface area (Å²) >= 11 is 0. The van der Waals surface area contributed by atoms with Crippen molar-refractivity contribution in [1.29, 1.82) is 0 Å². The molecule has 6 atom stereocenters. The van der Waals surface area contributed by atoms with Gasteiger partial charge in [0.15, 0.2) is 0 Å². The van der Waals surface area contributed by atoms with Crippen molar-refractivity contribution in [3.63, 3.8) is 0 Å². The van der Waals surface area contributed by atoms with Crippen LogP contribution < -0.4 is 0 Å². The monoisotopic (exact) mass is 220 g/mol. The van der Waals surface area contributed by atoms with Crippen LogP contribution >= 0.6 is 0 Å². The molecule has 0 aromatic heterocycles. The third-order valence-corrected chi connectivity index (χ3v) is 6.31. The second-order valence-electron chi connectivity index (χ2n) is 7.19. The van der Waals surface area contributed by atoms with Gasteiger partial charge >= 0.3 is 0 Å². The van der Waals surface area contributed by atoms with Crippen molar-refractivity contribution in [1.82, 2.24) is 0 Å². The third-order valence-electron chi connectivity index (χ3n) is 6.31. The lowest BCUT2D eigenvalue weighted by Gasteiger charge is -2.48. The maximum absolute atomic E-state index is 12.3. The Morgan fingerprint density at radius 1 is 1.12 bits per heavy atom. The molecule has 3 rings (SSSR count). The first kappa shape index (κ1) is 10.8. The van der Waals surface area contributed by atoms with Gasteiger partial charge in [0.2, 0.25) is 0 Å². The average molecular weight is 220 g/mol. The molecule has 0 N–H and O–H groups in total. The standard InChI is InChI=1S/C15H24O/c1-8-5-6-10-9(2)11-7-12(16)15(3,4)14(10)13(8)11/h8-11,13-14H,5-7H2,1-4H3/t8-,9+,10-,11-,13+,14+/m0/s1. The van der Waals surface area contributed by atoms with Crippen molar-refractivity contribution < 1.29 is 4.79 Å². The molecule has 0 saturated heterocycles. The quantitative estimate of drug-likeness (QED) is 0.610. The Morgan fingerprint density at radius 3 is 2.50 bits per heavy atom. The smallest absolute Gasteiger partial charge is 0.139 e. The van der Waals surface area contributed by atoms with E-state index in [-0.39, 0.29) is 5.41 Å². The van der Waals surface area contributed by atoms with Gasteiger partial charge in [-0.3, -0.25) is 4.79 Å². The number of carbonyl (C=O) groups is 1. The molecule has 0 aromatic rings. The maximum atomic E-state index is 12.3. The molecule has 0 amide bonds. The molecule has 3 fully saturated rings. The highest BCUT2D eigenvalue weighted by atomic mass is 16.1. The number of carbonyl (C=O) groups excluding carboxylic acids is 1. The summed E-state index contributed by atoms with van der Waals surface area (Å²) in [6.07, 6.45) is 3.64. The number of hydrogen-bond donors (Lipinski definition) is 0. The molecule has 0 aliphatic heterocycles. The Morgan fingerprint density at radius 2 is 1.81 bits per heavy atom. The van der Waals surface area contributed by atoms with Crippen LogP contribution in [0.2, 0.25) is 0 Å². The molecule has 16 heavy (non-hydrogen) atoms.